The van der Waals surface area contributed by atoms with Crippen LogP contribution in [-0.2, 0) is 29.2 Å². The van der Waals surface area contributed by atoms with Crippen molar-refractivity contribution in [2.75, 3.05) is 13.7 Å². The molecule has 2 amide bonds. The largest absolute Gasteiger partial charge is 0.497 e. The van der Waals surface area contributed by atoms with Crippen LogP contribution in [0.3, 0.4) is 0 Å². The van der Waals surface area contributed by atoms with Gasteiger partial charge in [0.1, 0.15) is 18.4 Å². The van der Waals surface area contributed by atoms with E-state index in [4.69, 9.17) is 15.2 Å². The summed E-state index contributed by atoms with van der Waals surface area (Å²) in [6, 6.07) is 14.4. The molecule has 2 aromatic rings. The molecule has 142 valence electrons. The van der Waals surface area contributed by atoms with Crippen molar-refractivity contribution in [2.24, 2.45) is 5.73 Å². The Morgan fingerprint density at radius 3 is 2.67 bits per heavy atom. The maximum Gasteiger partial charge on any atom is 0.410 e. The van der Waals surface area contributed by atoms with Crippen molar-refractivity contribution in [1.82, 2.24) is 10.2 Å². The average Bonchev–Trinajstić information content (AvgIpc) is 3.07. The third-order valence-electron chi connectivity index (χ3n) is 4.49. The van der Waals surface area contributed by atoms with Gasteiger partial charge in [0.15, 0.2) is 0 Å². The summed E-state index contributed by atoms with van der Waals surface area (Å²) < 4.78 is 10.3. The Morgan fingerprint density at radius 1 is 1.22 bits per heavy atom. The molecule has 27 heavy (non-hydrogen) atoms. The number of cyclic esters (lactones) is 1. The van der Waals surface area contributed by atoms with E-state index < -0.39 is 12.1 Å². The number of nitrogens with two attached hydrogens (primary N) is 1. The summed E-state index contributed by atoms with van der Waals surface area (Å²) in [4.78, 5) is 26.1. The van der Waals surface area contributed by atoms with Gasteiger partial charge >= 0.3 is 6.09 Å². The Labute approximate surface area is 158 Å². The van der Waals surface area contributed by atoms with Gasteiger partial charge in [-0.25, -0.2) is 4.79 Å². The van der Waals surface area contributed by atoms with Crippen LogP contribution in [0.4, 0.5) is 4.79 Å². The molecule has 1 aliphatic rings. The SMILES string of the molecule is COc1cccc(CN2C(=O)OC[C@H]2C(=O)NCc2ccc(CN)cc2)c1. The zero-order valence-electron chi connectivity index (χ0n) is 15.2. The van der Waals surface area contributed by atoms with E-state index in [0.717, 1.165) is 16.7 Å². The van der Waals surface area contributed by atoms with Crippen LogP contribution in [0.5, 0.6) is 5.75 Å². The van der Waals surface area contributed by atoms with E-state index in [0.29, 0.717) is 18.8 Å². The molecule has 1 fully saturated rings. The number of carbonyl (C=O) groups excluding carboxylic acids is 2. The van der Waals surface area contributed by atoms with E-state index in [2.05, 4.69) is 5.32 Å². The summed E-state index contributed by atoms with van der Waals surface area (Å²) in [6.07, 6.45) is -0.495. The van der Waals surface area contributed by atoms with Gasteiger partial charge in [-0.05, 0) is 28.8 Å². The molecule has 0 saturated carbocycles. The summed E-state index contributed by atoms with van der Waals surface area (Å²) in [5.74, 6) is 0.452. The molecule has 0 aromatic heterocycles. The van der Waals surface area contributed by atoms with Crippen LogP contribution in [0.1, 0.15) is 16.7 Å². The van der Waals surface area contributed by atoms with Crippen LogP contribution >= 0.6 is 0 Å². The molecule has 7 heteroatoms. The standard InChI is InChI=1S/C20H23N3O4/c1-26-17-4-2-3-16(9-17)12-23-18(13-27-20(23)25)19(24)22-11-15-7-5-14(10-21)6-8-15/h2-9,18H,10-13,21H2,1H3,(H,22,24)/t18-/m0/s1. The fourth-order valence-corrected chi connectivity index (χ4v) is 2.91. The van der Waals surface area contributed by atoms with E-state index in [1.54, 1.807) is 7.11 Å². The van der Waals surface area contributed by atoms with Gasteiger partial charge in [-0.3, -0.25) is 9.69 Å². The van der Waals surface area contributed by atoms with Crippen LogP contribution in [0, 0.1) is 0 Å². The van der Waals surface area contributed by atoms with Gasteiger partial charge in [-0.2, -0.15) is 0 Å². The molecule has 2 aromatic carbocycles. The summed E-state index contributed by atoms with van der Waals surface area (Å²) in [7, 11) is 1.58. The zero-order chi connectivity index (χ0) is 19.2. The Bertz CT molecular complexity index is 807. The minimum atomic E-state index is -0.660. The van der Waals surface area contributed by atoms with Crippen LogP contribution < -0.4 is 15.8 Å². The molecule has 0 bridgehead atoms. The first kappa shape index (κ1) is 18.7. The van der Waals surface area contributed by atoms with Gasteiger partial charge in [-0.1, -0.05) is 36.4 Å². The highest BCUT2D eigenvalue weighted by molar-refractivity contribution is 5.87. The van der Waals surface area contributed by atoms with E-state index in [1.165, 1.54) is 4.90 Å². The normalized spacial score (nSPS) is 16.1. The fraction of sp³-hybridized carbons (Fsp3) is 0.300. The lowest BCUT2D eigenvalue weighted by Crippen LogP contribution is -2.45. The average molecular weight is 369 g/mol. The smallest absolute Gasteiger partial charge is 0.410 e. The van der Waals surface area contributed by atoms with Gasteiger partial charge in [0.2, 0.25) is 5.91 Å². The van der Waals surface area contributed by atoms with Crippen LogP contribution in [0.25, 0.3) is 0 Å². The first-order valence-electron chi connectivity index (χ1n) is 8.72. The fourth-order valence-electron chi connectivity index (χ4n) is 2.91. The zero-order valence-corrected chi connectivity index (χ0v) is 15.2. The van der Waals surface area contributed by atoms with E-state index in [1.807, 2.05) is 48.5 Å². The van der Waals surface area contributed by atoms with E-state index in [-0.39, 0.29) is 19.1 Å². The predicted molar refractivity (Wildman–Crippen MR) is 99.9 cm³/mol. The van der Waals surface area contributed by atoms with Crippen LogP contribution in [0.15, 0.2) is 48.5 Å². The third kappa shape index (κ3) is 4.57. The van der Waals surface area contributed by atoms with Crippen molar-refractivity contribution >= 4 is 12.0 Å². The Hall–Kier alpha value is -3.06. The lowest BCUT2D eigenvalue weighted by molar-refractivity contribution is -0.125. The quantitative estimate of drug-likeness (QED) is 0.776. The van der Waals surface area contributed by atoms with Crippen LogP contribution in [-0.4, -0.2) is 36.7 Å². The molecule has 0 spiro atoms. The summed E-state index contributed by atoms with van der Waals surface area (Å²) in [5, 5.41) is 2.87. The highest BCUT2D eigenvalue weighted by Crippen LogP contribution is 2.20. The van der Waals surface area contributed by atoms with Crippen molar-refractivity contribution in [2.45, 2.75) is 25.7 Å². The van der Waals surface area contributed by atoms with Crippen molar-refractivity contribution in [1.29, 1.82) is 0 Å². The molecule has 7 nitrogen and oxygen atoms in total. The lowest BCUT2D eigenvalue weighted by atomic mass is 10.1. The molecular formula is C20H23N3O4. The molecular weight excluding hydrogens is 346 g/mol. The number of benzene rings is 2. The monoisotopic (exact) mass is 369 g/mol. The molecule has 0 radical (unpaired) electrons. The third-order valence-corrected chi connectivity index (χ3v) is 4.49. The Balaban J connectivity index is 1.62. The predicted octanol–water partition coefficient (Wildman–Crippen LogP) is 1.79. The molecule has 0 aliphatic carbocycles. The molecule has 1 heterocycles. The van der Waals surface area contributed by atoms with Crippen molar-refractivity contribution in [3.63, 3.8) is 0 Å². The number of ether oxygens (including phenoxy) is 2. The van der Waals surface area contributed by atoms with Gasteiger partial charge in [-0.15, -0.1) is 0 Å². The number of methoxy groups -OCH3 is 1. The second-order valence-electron chi connectivity index (χ2n) is 6.31. The van der Waals surface area contributed by atoms with Crippen molar-refractivity contribution < 1.29 is 19.1 Å². The lowest BCUT2D eigenvalue weighted by Gasteiger charge is -2.21. The maximum absolute atomic E-state index is 12.6. The molecule has 0 unspecified atom stereocenters. The maximum atomic E-state index is 12.6. The van der Waals surface area contributed by atoms with E-state index >= 15 is 0 Å². The number of hydrogen-bond donors (Lipinski definition) is 2. The minimum absolute atomic E-state index is 0.0424. The number of carbonyl (C=O) groups is 2. The number of rotatable bonds is 7. The van der Waals surface area contributed by atoms with Gasteiger partial charge < -0.3 is 20.5 Å². The molecule has 1 atom stereocenters. The van der Waals surface area contributed by atoms with E-state index in [9.17, 15) is 9.59 Å². The Kier molecular flexibility index (Phi) is 5.93. The first-order chi connectivity index (χ1) is 13.1. The molecule has 3 N–H and O–H groups in total. The van der Waals surface area contributed by atoms with Gasteiger partial charge in [0.25, 0.3) is 0 Å². The summed E-state index contributed by atoms with van der Waals surface area (Å²) in [6.45, 7) is 1.18. The van der Waals surface area contributed by atoms with Crippen LogP contribution in [0.2, 0.25) is 0 Å². The molecule has 1 saturated heterocycles. The second kappa shape index (κ2) is 8.55. The number of amides is 2. The molecule has 3 rings (SSSR count). The van der Waals surface area contributed by atoms with Crippen molar-refractivity contribution in [3.8, 4) is 5.75 Å². The first-order valence-corrected chi connectivity index (χ1v) is 8.72. The van der Waals surface area contributed by atoms with Crippen molar-refractivity contribution in [3.05, 3.63) is 65.2 Å². The topological polar surface area (TPSA) is 93.9 Å². The summed E-state index contributed by atoms with van der Waals surface area (Å²) >= 11 is 0. The van der Waals surface area contributed by atoms with Gasteiger partial charge in [0, 0.05) is 13.1 Å². The second-order valence-corrected chi connectivity index (χ2v) is 6.31. The van der Waals surface area contributed by atoms with Gasteiger partial charge in [0.05, 0.1) is 13.7 Å². The number of nitrogens with zero attached hydrogens (tertiary/aromatic N) is 1. The highest BCUT2D eigenvalue weighted by atomic mass is 16.6. The Morgan fingerprint density at radius 2 is 1.96 bits per heavy atom. The summed E-state index contributed by atoms with van der Waals surface area (Å²) in [5.41, 5.74) is 8.44. The molecule has 1 aliphatic heterocycles. The number of nitrogens with one attached hydrogen (secondary N) is 1. The number of hydrogen-bond acceptors (Lipinski definition) is 5. The highest BCUT2D eigenvalue weighted by Gasteiger charge is 2.37. The minimum Gasteiger partial charge on any atom is -0.497 e.